The lowest BCUT2D eigenvalue weighted by molar-refractivity contribution is 0.00946. The third kappa shape index (κ3) is 3.74. The summed E-state index contributed by atoms with van der Waals surface area (Å²) in [5, 5.41) is 4.77. The van der Waals surface area contributed by atoms with Crippen LogP contribution in [0.4, 0.5) is 0 Å². The first-order chi connectivity index (χ1) is 6.22. The van der Waals surface area contributed by atoms with Gasteiger partial charge in [0.1, 0.15) is 0 Å². The van der Waals surface area contributed by atoms with E-state index in [9.17, 15) is 0 Å². The molecule has 2 fully saturated rings. The van der Waals surface area contributed by atoms with Gasteiger partial charge in [-0.05, 0) is 29.6 Å². The summed E-state index contributed by atoms with van der Waals surface area (Å²) in [6, 6.07) is 0. The third-order valence-corrected chi connectivity index (χ3v) is 2.56. The Morgan fingerprint density at radius 1 is 1.38 bits per heavy atom. The number of hydrogen-bond acceptors (Lipinski definition) is 2. The first kappa shape index (κ1) is 13.1. The van der Waals surface area contributed by atoms with Gasteiger partial charge in [-0.2, -0.15) is 12.6 Å². The fraction of sp³-hybridized carbons (Fsp3) is 0.818. The molecule has 2 aliphatic rings. The van der Waals surface area contributed by atoms with Crippen LogP contribution in [0.15, 0.2) is 12.0 Å². The summed E-state index contributed by atoms with van der Waals surface area (Å²) in [5.74, 6) is 1.03. The molecule has 1 aliphatic heterocycles. The van der Waals surface area contributed by atoms with Crippen molar-refractivity contribution in [3.8, 4) is 0 Å². The third-order valence-electron chi connectivity index (χ3n) is 2.56. The van der Waals surface area contributed by atoms with Gasteiger partial charge in [-0.3, -0.25) is 0 Å². The Labute approximate surface area is 88.4 Å². The van der Waals surface area contributed by atoms with Crippen LogP contribution in [-0.4, -0.2) is 13.1 Å². The molecule has 1 saturated heterocycles. The number of rotatable bonds is 0. The van der Waals surface area contributed by atoms with E-state index in [1.165, 1.54) is 31.3 Å². The van der Waals surface area contributed by atoms with E-state index in [1.807, 2.05) is 13.8 Å². The predicted octanol–water partition coefficient (Wildman–Crippen LogP) is 3.09. The van der Waals surface area contributed by atoms with Crippen molar-refractivity contribution in [2.75, 3.05) is 13.1 Å². The smallest absolute Gasteiger partial charge is 0.00204 e. The highest BCUT2D eigenvalue weighted by Crippen LogP contribution is 2.47. The standard InChI is InChI=1S/C7H13N.C2H4S.C2H6/c1-6-2-7(3-6)4-8-5-7;1-2-3;1-2/h6,8H,2-5H2,1H3;2-3H,1H2;1-2H3. The van der Waals surface area contributed by atoms with Crippen molar-refractivity contribution < 1.29 is 0 Å². The Hall–Kier alpha value is 0.0500. The second-order valence-electron chi connectivity index (χ2n) is 3.80. The largest absolute Gasteiger partial charge is 0.316 e. The molecule has 0 aromatic heterocycles. The van der Waals surface area contributed by atoms with Crippen LogP contribution in [-0.2, 0) is 0 Å². The minimum atomic E-state index is 0.805. The van der Waals surface area contributed by atoms with Gasteiger partial charge in [-0.1, -0.05) is 27.4 Å². The molecule has 0 aromatic rings. The molecular formula is C11H23NS. The molecule has 0 radical (unpaired) electrons. The molecule has 1 aliphatic carbocycles. The van der Waals surface area contributed by atoms with E-state index in [1.54, 1.807) is 0 Å². The molecule has 0 aromatic carbocycles. The fourth-order valence-corrected chi connectivity index (χ4v) is 2.19. The average Bonchev–Trinajstić information content (AvgIpc) is 2.01. The second-order valence-corrected chi connectivity index (χ2v) is 4.16. The highest BCUT2D eigenvalue weighted by atomic mass is 32.1. The van der Waals surface area contributed by atoms with Gasteiger partial charge in [-0.25, -0.2) is 0 Å². The van der Waals surface area contributed by atoms with Crippen molar-refractivity contribution in [1.82, 2.24) is 5.32 Å². The Bertz CT molecular complexity index is 133. The van der Waals surface area contributed by atoms with E-state index in [0.717, 1.165) is 11.3 Å². The van der Waals surface area contributed by atoms with Gasteiger partial charge in [0.25, 0.3) is 0 Å². The molecule has 0 bridgehead atoms. The van der Waals surface area contributed by atoms with Crippen LogP contribution in [0.1, 0.15) is 33.6 Å². The van der Waals surface area contributed by atoms with E-state index >= 15 is 0 Å². The minimum absolute atomic E-state index is 0.805. The number of hydrogen-bond donors (Lipinski definition) is 2. The monoisotopic (exact) mass is 201 g/mol. The van der Waals surface area contributed by atoms with Crippen LogP contribution in [0.3, 0.4) is 0 Å². The summed E-state index contributed by atoms with van der Waals surface area (Å²) in [4.78, 5) is 0. The minimum Gasteiger partial charge on any atom is -0.316 e. The van der Waals surface area contributed by atoms with Crippen LogP contribution in [0.25, 0.3) is 0 Å². The van der Waals surface area contributed by atoms with Crippen molar-refractivity contribution >= 4 is 12.6 Å². The second kappa shape index (κ2) is 6.50. The van der Waals surface area contributed by atoms with Gasteiger partial charge in [0, 0.05) is 13.1 Å². The van der Waals surface area contributed by atoms with E-state index in [0.29, 0.717) is 0 Å². The zero-order valence-electron chi connectivity index (χ0n) is 9.14. The van der Waals surface area contributed by atoms with Gasteiger partial charge in [-0.15, -0.1) is 0 Å². The summed E-state index contributed by atoms with van der Waals surface area (Å²) < 4.78 is 0. The van der Waals surface area contributed by atoms with E-state index < -0.39 is 0 Å². The van der Waals surface area contributed by atoms with Gasteiger partial charge in [0.05, 0.1) is 0 Å². The molecule has 2 heteroatoms. The van der Waals surface area contributed by atoms with Crippen LogP contribution in [0.5, 0.6) is 0 Å². The normalized spacial score (nSPS) is 22.5. The SMILES string of the molecule is C=CS.CC.CC1CC2(CNC2)C1. The molecule has 1 heterocycles. The fourth-order valence-electron chi connectivity index (χ4n) is 2.19. The molecule has 78 valence electrons. The lowest BCUT2D eigenvalue weighted by Crippen LogP contribution is -2.59. The molecule has 0 amide bonds. The maximum absolute atomic E-state index is 3.55. The Kier molecular flexibility index (Phi) is 6.52. The van der Waals surface area contributed by atoms with Crippen molar-refractivity contribution in [1.29, 1.82) is 0 Å². The van der Waals surface area contributed by atoms with Gasteiger partial charge in [0.15, 0.2) is 0 Å². The summed E-state index contributed by atoms with van der Waals surface area (Å²) in [7, 11) is 0. The Morgan fingerprint density at radius 3 is 1.85 bits per heavy atom. The van der Waals surface area contributed by atoms with Crippen molar-refractivity contribution in [2.24, 2.45) is 11.3 Å². The Balaban J connectivity index is 0.000000251. The van der Waals surface area contributed by atoms with Gasteiger partial charge < -0.3 is 5.32 Å². The van der Waals surface area contributed by atoms with E-state index in [4.69, 9.17) is 0 Å². The zero-order valence-corrected chi connectivity index (χ0v) is 10.0. The van der Waals surface area contributed by atoms with Crippen LogP contribution < -0.4 is 5.32 Å². The van der Waals surface area contributed by atoms with Crippen molar-refractivity contribution in [3.05, 3.63) is 12.0 Å². The Morgan fingerprint density at radius 2 is 1.77 bits per heavy atom. The molecule has 1 spiro atoms. The average molecular weight is 201 g/mol. The van der Waals surface area contributed by atoms with Crippen LogP contribution in [0.2, 0.25) is 0 Å². The molecular weight excluding hydrogens is 178 g/mol. The highest BCUT2D eigenvalue weighted by molar-refractivity contribution is 7.83. The summed E-state index contributed by atoms with van der Waals surface area (Å²) in [5.41, 5.74) is 0.805. The molecule has 2 rings (SSSR count). The van der Waals surface area contributed by atoms with Crippen molar-refractivity contribution in [3.63, 3.8) is 0 Å². The van der Waals surface area contributed by atoms with Gasteiger partial charge in [0.2, 0.25) is 0 Å². The summed E-state index contributed by atoms with van der Waals surface area (Å²) >= 11 is 3.55. The van der Waals surface area contributed by atoms with Crippen molar-refractivity contribution in [2.45, 2.75) is 33.6 Å². The van der Waals surface area contributed by atoms with E-state index in [-0.39, 0.29) is 0 Å². The molecule has 0 unspecified atom stereocenters. The zero-order chi connectivity index (χ0) is 10.3. The maximum Gasteiger partial charge on any atom is 0.00204 e. The predicted molar refractivity (Wildman–Crippen MR) is 64.2 cm³/mol. The lowest BCUT2D eigenvalue weighted by Gasteiger charge is -2.53. The number of nitrogens with one attached hydrogen (secondary N) is 1. The number of thiol groups is 1. The van der Waals surface area contributed by atoms with Crippen LogP contribution in [0, 0.1) is 11.3 Å². The first-order valence-electron chi connectivity index (χ1n) is 5.18. The summed E-state index contributed by atoms with van der Waals surface area (Å²) in [6.07, 6.45) is 2.97. The first-order valence-corrected chi connectivity index (χ1v) is 5.70. The maximum atomic E-state index is 3.55. The molecule has 1 nitrogen and oxygen atoms in total. The van der Waals surface area contributed by atoms with E-state index in [2.05, 4.69) is 31.4 Å². The lowest BCUT2D eigenvalue weighted by atomic mass is 9.59. The molecule has 13 heavy (non-hydrogen) atoms. The quantitative estimate of drug-likeness (QED) is 0.574. The summed E-state index contributed by atoms with van der Waals surface area (Å²) in [6.45, 7) is 12.2. The molecule has 1 N–H and O–H groups in total. The molecule has 0 atom stereocenters. The molecule has 1 saturated carbocycles. The highest BCUT2D eigenvalue weighted by Gasteiger charge is 2.46. The van der Waals surface area contributed by atoms with Gasteiger partial charge >= 0.3 is 0 Å². The topological polar surface area (TPSA) is 12.0 Å². The van der Waals surface area contributed by atoms with Crippen LogP contribution >= 0.6 is 12.6 Å².